The molecule has 0 aliphatic heterocycles. The quantitative estimate of drug-likeness (QED) is 0.579. The third-order valence-electron chi connectivity index (χ3n) is 2.76. The maximum absolute atomic E-state index is 5.92. The van der Waals surface area contributed by atoms with Gasteiger partial charge >= 0.3 is 0 Å². The highest BCUT2D eigenvalue weighted by Crippen LogP contribution is 2.36. The Kier molecular flexibility index (Phi) is 6.56. The second kappa shape index (κ2) is 7.97. The van der Waals surface area contributed by atoms with Crippen LogP contribution in [0.2, 0.25) is 4.34 Å². The molecule has 0 spiro atoms. The lowest BCUT2D eigenvalue weighted by Gasteiger charge is -2.13. The molecule has 2 rings (SSSR count). The summed E-state index contributed by atoms with van der Waals surface area (Å²) in [6, 6.07) is 8.49. The minimum absolute atomic E-state index is 0.460. The van der Waals surface area contributed by atoms with Crippen LogP contribution in [0.3, 0.4) is 0 Å². The molecule has 0 unspecified atom stereocenters. The number of rotatable bonds is 6. The molecular weight excluding hydrogens is 437 g/mol. The summed E-state index contributed by atoms with van der Waals surface area (Å²) >= 11 is 14.6. The van der Waals surface area contributed by atoms with E-state index in [-0.39, 0.29) is 0 Å². The minimum Gasteiger partial charge on any atom is -0.486 e. The molecule has 0 radical (unpaired) electrons. The number of hydrogen-bond acceptors (Lipinski definition) is 3. The van der Waals surface area contributed by atoms with E-state index in [0.717, 1.165) is 30.5 Å². The Hall–Kier alpha value is -0.0700. The van der Waals surface area contributed by atoms with Crippen LogP contribution in [0.15, 0.2) is 33.2 Å². The first kappa shape index (κ1) is 17.3. The highest BCUT2D eigenvalue weighted by Gasteiger charge is 2.10. The van der Waals surface area contributed by atoms with E-state index >= 15 is 0 Å². The highest BCUT2D eigenvalue weighted by molar-refractivity contribution is 9.11. The molecule has 0 amide bonds. The van der Waals surface area contributed by atoms with Gasteiger partial charge < -0.3 is 10.1 Å². The Labute approximate surface area is 151 Å². The Morgan fingerprint density at radius 3 is 2.43 bits per heavy atom. The van der Waals surface area contributed by atoms with Gasteiger partial charge in [-0.3, -0.25) is 0 Å². The van der Waals surface area contributed by atoms with E-state index in [1.807, 2.05) is 12.1 Å². The maximum Gasteiger partial charge on any atom is 0.148 e. The van der Waals surface area contributed by atoms with Crippen LogP contribution < -0.4 is 10.1 Å². The monoisotopic (exact) mass is 451 g/mol. The van der Waals surface area contributed by atoms with Gasteiger partial charge in [-0.1, -0.05) is 25.4 Å². The number of hydrogen-bond donors (Lipinski definition) is 1. The first-order chi connectivity index (χ1) is 9.95. The van der Waals surface area contributed by atoms with Crippen LogP contribution in [-0.4, -0.2) is 6.04 Å². The second-order valence-corrected chi connectivity index (χ2v) is 8.43. The standard InChI is InChI=1S/C15H16Br2ClNOS/c1-9(2)19-7-10-5-12(16)15(13(17)6-10)20-8-11-3-4-14(18)21-11/h3-6,9,19H,7-8H2,1-2H3. The zero-order valence-corrected chi connectivity index (χ0v) is 16.5. The molecule has 1 N–H and O–H groups in total. The van der Waals surface area contributed by atoms with E-state index in [2.05, 4.69) is 63.2 Å². The molecule has 2 nitrogen and oxygen atoms in total. The molecular formula is C15H16Br2ClNOS. The summed E-state index contributed by atoms with van der Waals surface area (Å²) in [5.41, 5.74) is 1.20. The number of thiophene rings is 1. The summed E-state index contributed by atoms with van der Waals surface area (Å²) in [5.74, 6) is 0.813. The Morgan fingerprint density at radius 2 is 1.90 bits per heavy atom. The summed E-state index contributed by atoms with van der Waals surface area (Å²) in [5, 5.41) is 3.40. The predicted molar refractivity (Wildman–Crippen MR) is 97.5 cm³/mol. The van der Waals surface area contributed by atoms with Crippen molar-refractivity contribution in [1.29, 1.82) is 0 Å². The molecule has 0 saturated carbocycles. The smallest absolute Gasteiger partial charge is 0.148 e. The fraction of sp³-hybridized carbons (Fsp3) is 0.333. The van der Waals surface area contributed by atoms with E-state index in [0.29, 0.717) is 12.6 Å². The molecule has 0 atom stereocenters. The summed E-state index contributed by atoms with van der Waals surface area (Å²) in [4.78, 5) is 1.10. The summed E-state index contributed by atoms with van der Waals surface area (Å²) < 4.78 is 8.55. The number of halogens is 3. The van der Waals surface area contributed by atoms with Crippen molar-refractivity contribution in [1.82, 2.24) is 5.32 Å². The lowest BCUT2D eigenvalue weighted by atomic mass is 10.2. The van der Waals surface area contributed by atoms with Crippen molar-refractivity contribution in [2.45, 2.75) is 33.0 Å². The largest absolute Gasteiger partial charge is 0.486 e. The molecule has 2 aromatic rings. The van der Waals surface area contributed by atoms with E-state index < -0.39 is 0 Å². The van der Waals surface area contributed by atoms with Crippen molar-refractivity contribution in [2.24, 2.45) is 0 Å². The maximum atomic E-state index is 5.92. The van der Waals surface area contributed by atoms with Crippen LogP contribution in [0.25, 0.3) is 0 Å². The third-order valence-corrected chi connectivity index (χ3v) is 5.14. The van der Waals surface area contributed by atoms with E-state index in [9.17, 15) is 0 Å². The SMILES string of the molecule is CC(C)NCc1cc(Br)c(OCc2ccc(Cl)s2)c(Br)c1. The Morgan fingerprint density at radius 1 is 1.24 bits per heavy atom. The van der Waals surface area contributed by atoms with Crippen LogP contribution in [0.5, 0.6) is 5.75 Å². The third kappa shape index (κ3) is 5.25. The second-order valence-electron chi connectivity index (χ2n) is 4.92. The van der Waals surface area contributed by atoms with Crippen molar-refractivity contribution < 1.29 is 4.74 Å². The van der Waals surface area contributed by atoms with E-state index in [4.69, 9.17) is 16.3 Å². The molecule has 1 aromatic heterocycles. The van der Waals surface area contributed by atoms with Gasteiger partial charge in [0.25, 0.3) is 0 Å². The molecule has 1 heterocycles. The first-order valence-electron chi connectivity index (χ1n) is 6.54. The van der Waals surface area contributed by atoms with Gasteiger partial charge in [-0.15, -0.1) is 11.3 Å². The van der Waals surface area contributed by atoms with Crippen LogP contribution in [-0.2, 0) is 13.2 Å². The summed E-state index contributed by atoms with van der Waals surface area (Å²) in [6.07, 6.45) is 0. The van der Waals surface area contributed by atoms with Crippen LogP contribution in [0.4, 0.5) is 0 Å². The molecule has 1 aromatic carbocycles. The molecule has 6 heteroatoms. The van der Waals surface area contributed by atoms with Crippen molar-refractivity contribution in [3.63, 3.8) is 0 Å². The minimum atomic E-state index is 0.460. The molecule has 21 heavy (non-hydrogen) atoms. The molecule has 0 aliphatic carbocycles. The summed E-state index contributed by atoms with van der Waals surface area (Å²) in [7, 11) is 0. The molecule has 0 fully saturated rings. The normalized spacial score (nSPS) is 11.1. The lowest BCUT2D eigenvalue weighted by molar-refractivity contribution is 0.305. The lowest BCUT2D eigenvalue weighted by Crippen LogP contribution is -2.21. The van der Waals surface area contributed by atoms with Crippen molar-refractivity contribution in [2.75, 3.05) is 0 Å². The molecule has 114 valence electrons. The zero-order valence-electron chi connectivity index (χ0n) is 11.8. The Balaban J connectivity index is 2.06. The van der Waals surface area contributed by atoms with E-state index in [1.165, 1.54) is 16.9 Å². The van der Waals surface area contributed by atoms with E-state index in [1.54, 1.807) is 0 Å². The van der Waals surface area contributed by atoms with Gasteiger partial charge in [-0.05, 0) is 61.7 Å². The van der Waals surface area contributed by atoms with Crippen LogP contribution in [0, 0.1) is 0 Å². The fourth-order valence-electron chi connectivity index (χ4n) is 1.75. The van der Waals surface area contributed by atoms with Gasteiger partial charge in [-0.2, -0.15) is 0 Å². The number of benzene rings is 1. The van der Waals surface area contributed by atoms with Crippen molar-refractivity contribution in [3.8, 4) is 5.75 Å². The van der Waals surface area contributed by atoms with Gasteiger partial charge in [0.1, 0.15) is 12.4 Å². The first-order valence-corrected chi connectivity index (χ1v) is 9.32. The van der Waals surface area contributed by atoms with Gasteiger partial charge in [0.15, 0.2) is 0 Å². The van der Waals surface area contributed by atoms with Gasteiger partial charge in [0, 0.05) is 17.5 Å². The van der Waals surface area contributed by atoms with Crippen LogP contribution in [0.1, 0.15) is 24.3 Å². The predicted octanol–water partition coefficient (Wildman–Crippen LogP) is 6.00. The van der Waals surface area contributed by atoms with Crippen molar-refractivity contribution >= 4 is 54.8 Å². The molecule has 0 aliphatic rings. The van der Waals surface area contributed by atoms with Gasteiger partial charge in [-0.25, -0.2) is 0 Å². The van der Waals surface area contributed by atoms with Gasteiger partial charge in [0.05, 0.1) is 13.3 Å². The average molecular weight is 454 g/mol. The molecule has 0 bridgehead atoms. The number of nitrogens with one attached hydrogen (secondary N) is 1. The fourth-order valence-corrected chi connectivity index (χ4v) is 4.26. The van der Waals surface area contributed by atoms with Gasteiger partial charge in [0.2, 0.25) is 0 Å². The Bertz CT molecular complexity index is 592. The van der Waals surface area contributed by atoms with Crippen molar-refractivity contribution in [3.05, 3.63) is 48.0 Å². The molecule has 0 saturated heterocycles. The summed E-state index contributed by atoms with van der Waals surface area (Å²) in [6.45, 7) is 5.61. The topological polar surface area (TPSA) is 21.3 Å². The highest BCUT2D eigenvalue weighted by atomic mass is 79.9. The van der Waals surface area contributed by atoms with Crippen LogP contribution >= 0.6 is 54.8 Å². The zero-order chi connectivity index (χ0) is 15.4. The average Bonchev–Trinajstić information content (AvgIpc) is 2.81. The number of ether oxygens (including phenoxy) is 1.